The lowest BCUT2D eigenvalue weighted by molar-refractivity contribution is -0.146. The molecule has 44 heavy (non-hydrogen) atoms. The second-order valence-corrected chi connectivity index (χ2v) is 15.0. The number of ether oxygens (including phenoxy) is 2. The lowest BCUT2D eigenvalue weighted by Gasteiger charge is -2.28. The van der Waals surface area contributed by atoms with Gasteiger partial charge in [0.2, 0.25) is 27.7 Å². The number of allylic oxidation sites excluding steroid dienone is 2. The van der Waals surface area contributed by atoms with Crippen molar-refractivity contribution in [3.05, 3.63) is 12.2 Å². The Labute approximate surface area is 260 Å². The van der Waals surface area contributed by atoms with Crippen LogP contribution in [0.5, 0.6) is 0 Å². The van der Waals surface area contributed by atoms with Gasteiger partial charge in [0.25, 0.3) is 0 Å². The standard InChI is InChI=1S/C30H48N4O9S/c1-19(35)42-21-17-25(26(31)36)34(18-21)28(38)24(32-29(39)43-30(2,3)4)14-9-7-5-6-8-11-20-12-10-13-23(20)27(37)33-44(40,41)22-15-16-22/h8,11,20-25H,5-7,9-10,12-18H2,1-4H3,(H2,31,36)(H,32,39)(H,33,37)/b11-8-/t20-,21-,23?,24+,25+/m1/s1. The maximum Gasteiger partial charge on any atom is 0.408 e. The first-order valence-electron chi connectivity index (χ1n) is 15.6. The van der Waals surface area contributed by atoms with Crippen molar-refractivity contribution in [1.82, 2.24) is 14.9 Å². The molecule has 0 aromatic carbocycles. The highest BCUT2D eigenvalue weighted by atomic mass is 32.2. The Balaban J connectivity index is 1.52. The quantitative estimate of drug-likeness (QED) is 0.145. The normalized spacial score (nSPS) is 24.6. The monoisotopic (exact) mass is 640 g/mol. The summed E-state index contributed by atoms with van der Waals surface area (Å²) in [6.45, 7) is 6.37. The van der Waals surface area contributed by atoms with Crippen LogP contribution in [0.3, 0.4) is 0 Å². The van der Waals surface area contributed by atoms with Crippen LogP contribution in [-0.4, -0.2) is 78.7 Å². The molecule has 0 radical (unpaired) electrons. The van der Waals surface area contributed by atoms with E-state index in [0.29, 0.717) is 32.1 Å². The molecule has 0 aromatic rings. The van der Waals surface area contributed by atoms with Crippen molar-refractivity contribution in [3.8, 4) is 0 Å². The molecule has 0 bridgehead atoms. The molecular weight excluding hydrogens is 592 g/mol. The summed E-state index contributed by atoms with van der Waals surface area (Å²) in [5.74, 6) is -2.50. The van der Waals surface area contributed by atoms with Gasteiger partial charge in [0.05, 0.1) is 11.8 Å². The second kappa shape index (κ2) is 15.2. The highest BCUT2D eigenvalue weighted by Gasteiger charge is 2.43. The number of esters is 1. The van der Waals surface area contributed by atoms with Crippen molar-refractivity contribution in [2.45, 2.75) is 127 Å². The highest BCUT2D eigenvalue weighted by Crippen LogP contribution is 2.34. The summed E-state index contributed by atoms with van der Waals surface area (Å²) >= 11 is 0. The Morgan fingerprint density at radius 1 is 1.05 bits per heavy atom. The number of unbranched alkanes of at least 4 members (excludes halogenated alkanes) is 3. The van der Waals surface area contributed by atoms with Gasteiger partial charge in [-0.1, -0.05) is 31.4 Å². The smallest absolute Gasteiger partial charge is 0.408 e. The third kappa shape index (κ3) is 10.8. The molecular formula is C30H48N4O9S. The molecule has 2 saturated carbocycles. The van der Waals surface area contributed by atoms with Crippen molar-refractivity contribution in [2.75, 3.05) is 6.54 Å². The van der Waals surface area contributed by atoms with Crippen molar-refractivity contribution in [2.24, 2.45) is 17.6 Å². The molecule has 0 aromatic heterocycles. The third-order valence-corrected chi connectivity index (χ3v) is 9.89. The van der Waals surface area contributed by atoms with Crippen LogP contribution in [0.25, 0.3) is 0 Å². The molecule has 1 saturated heterocycles. The number of nitrogens with zero attached hydrogens (tertiary/aromatic N) is 1. The third-order valence-electron chi connectivity index (χ3n) is 8.06. The van der Waals surface area contributed by atoms with E-state index >= 15 is 0 Å². The van der Waals surface area contributed by atoms with Gasteiger partial charge in [-0.2, -0.15) is 0 Å². The van der Waals surface area contributed by atoms with Gasteiger partial charge in [-0.3, -0.25) is 23.9 Å². The zero-order valence-electron chi connectivity index (χ0n) is 26.2. The van der Waals surface area contributed by atoms with E-state index < -0.39 is 68.8 Å². The molecule has 4 N–H and O–H groups in total. The Hall–Kier alpha value is -3.16. The maximum atomic E-state index is 13.5. The number of nitrogens with two attached hydrogens (primary N) is 1. The fraction of sp³-hybridized carbons (Fsp3) is 0.767. The van der Waals surface area contributed by atoms with Crippen LogP contribution < -0.4 is 15.8 Å². The molecule has 3 aliphatic rings. The van der Waals surface area contributed by atoms with Gasteiger partial charge >= 0.3 is 12.1 Å². The minimum Gasteiger partial charge on any atom is -0.461 e. The molecule has 5 atom stereocenters. The molecule has 13 nitrogen and oxygen atoms in total. The molecule has 4 amide bonds. The number of amides is 4. The second-order valence-electron chi connectivity index (χ2n) is 13.1. The van der Waals surface area contributed by atoms with Crippen LogP contribution in [0, 0.1) is 11.8 Å². The number of carbonyl (C=O) groups is 5. The minimum absolute atomic E-state index is 0.00101. The maximum absolute atomic E-state index is 13.5. The lowest BCUT2D eigenvalue weighted by atomic mass is 9.94. The first-order chi connectivity index (χ1) is 20.6. The summed E-state index contributed by atoms with van der Waals surface area (Å²) in [5.41, 5.74) is 4.76. The summed E-state index contributed by atoms with van der Waals surface area (Å²) in [6, 6.07) is -1.93. The van der Waals surface area contributed by atoms with Gasteiger partial charge in [0.15, 0.2) is 0 Å². The topological polar surface area (TPSA) is 191 Å². The summed E-state index contributed by atoms with van der Waals surface area (Å²) in [7, 11) is -3.56. The lowest BCUT2D eigenvalue weighted by Crippen LogP contribution is -2.53. The first kappa shape index (κ1) is 35.3. The number of nitrogens with one attached hydrogen (secondary N) is 2. The van der Waals surface area contributed by atoms with Crippen LogP contribution in [0.1, 0.15) is 98.3 Å². The van der Waals surface area contributed by atoms with Crippen molar-refractivity contribution in [3.63, 3.8) is 0 Å². The first-order valence-corrected chi connectivity index (χ1v) is 17.1. The fourth-order valence-corrected chi connectivity index (χ4v) is 7.17. The molecule has 1 unspecified atom stereocenters. The molecule has 3 fully saturated rings. The SMILES string of the molecule is CC(=O)O[C@@H]1C[C@@H](C(N)=O)N(C(=O)[C@H](CCCCC/C=C\[C@@H]2CCCC2C(=O)NS(=O)(=O)C2CC2)NC(=O)OC(C)(C)C)C1. The van der Waals surface area contributed by atoms with Crippen molar-refractivity contribution in [1.29, 1.82) is 0 Å². The predicted molar refractivity (Wildman–Crippen MR) is 161 cm³/mol. The molecule has 14 heteroatoms. The van der Waals surface area contributed by atoms with E-state index in [1.165, 1.54) is 11.8 Å². The number of hydrogen-bond donors (Lipinski definition) is 3. The van der Waals surface area contributed by atoms with Gasteiger partial charge in [-0.05, 0) is 71.6 Å². The van der Waals surface area contributed by atoms with E-state index in [0.717, 1.165) is 32.1 Å². The number of carbonyl (C=O) groups excluding carboxylic acids is 5. The molecule has 3 rings (SSSR count). The molecule has 1 heterocycles. The van der Waals surface area contributed by atoms with Gasteiger partial charge in [0, 0.05) is 19.3 Å². The summed E-state index contributed by atoms with van der Waals surface area (Å²) in [6.07, 6.45) is 9.42. The Morgan fingerprint density at radius 3 is 2.36 bits per heavy atom. The van der Waals surface area contributed by atoms with Gasteiger partial charge in [0.1, 0.15) is 23.8 Å². The summed E-state index contributed by atoms with van der Waals surface area (Å²) in [4.78, 5) is 63.6. The molecule has 1 aliphatic heterocycles. The van der Waals surface area contributed by atoms with Gasteiger partial charge in [-0.25, -0.2) is 13.2 Å². The number of hydrogen-bond acceptors (Lipinski definition) is 9. The van der Waals surface area contributed by atoms with Gasteiger partial charge in [-0.15, -0.1) is 0 Å². The highest BCUT2D eigenvalue weighted by molar-refractivity contribution is 7.90. The fourth-order valence-electron chi connectivity index (χ4n) is 5.82. The zero-order valence-corrected chi connectivity index (χ0v) is 27.0. The van der Waals surface area contributed by atoms with E-state index in [4.69, 9.17) is 15.2 Å². The van der Waals surface area contributed by atoms with Crippen LogP contribution in [0.2, 0.25) is 0 Å². The average molecular weight is 641 g/mol. The Morgan fingerprint density at radius 2 is 1.75 bits per heavy atom. The molecule has 2 aliphatic carbocycles. The van der Waals surface area contributed by atoms with E-state index in [2.05, 4.69) is 10.0 Å². The van der Waals surface area contributed by atoms with E-state index in [1.54, 1.807) is 20.8 Å². The van der Waals surface area contributed by atoms with Crippen LogP contribution >= 0.6 is 0 Å². The minimum atomic E-state index is -3.56. The van der Waals surface area contributed by atoms with Crippen molar-refractivity contribution < 1.29 is 41.9 Å². The number of likely N-dealkylation sites (tertiary alicyclic amines) is 1. The van der Waals surface area contributed by atoms with Crippen LogP contribution in [-0.2, 0) is 38.7 Å². The van der Waals surface area contributed by atoms with Crippen LogP contribution in [0.15, 0.2) is 12.2 Å². The Kier molecular flexibility index (Phi) is 12.2. The van der Waals surface area contributed by atoms with Crippen molar-refractivity contribution >= 4 is 39.8 Å². The summed E-state index contributed by atoms with van der Waals surface area (Å²) in [5, 5.41) is 2.20. The number of primary amides is 1. The van der Waals surface area contributed by atoms with E-state index in [-0.39, 0.29) is 24.8 Å². The number of rotatable bonds is 14. The molecule has 248 valence electrons. The Bertz CT molecular complexity index is 1210. The predicted octanol–water partition coefficient (Wildman–Crippen LogP) is 2.43. The number of sulfonamides is 1. The zero-order chi connectivity index (χ0) is 32.7. The van der Waals surface area contributed by atoms with Crippen LogP contribution in [0.4, 0.5) is 4.79 Å². The average Bonchev–Trinajstić information content (AvgIpc) is 3.53. The summed E-state index contributed by atoms with van der Waals surface area (Å²) < 4.78 is 37.2. The molecule has 0 spiro atoms. The largest absolute Gasteiger partial charge is 0.461 e. The number of alkyl carbamates (subject to hydrolysis) is 1. The van der Waals surface area contributed by atoms with E-state index in [1.807, 2.05) is 12.2 Å². The van der Waals surface area contributed by atoms with E-state index in [9.17, 15) is 32.4 Å². The van der Waals surface area contributed by atoms with Gasteiger partial charge < -0.3 is 25.4 Å².